The molecule has 5 heteroatoms. The number of benzene rings is 2. The minimum absolute atomic E-state index is 0.117. The Morgan fingerprint density at radius 2 is 1.92 bits per heavy atom. The smallest absolute Gasteiger partial charge is 0.262 e. The molecular formula is C20H22FNO3. The summed E-state index contributed by atoms with van der Waals surface area (Å²) in [4.78, 5) is 23.8. The molecule has 132 valence electrons. The predicted molar refractivity (Wildman–Crippen MR) is 95.8 cm³/mol. The molecule has 1 amide bonds. The van der Waals surface area contributed by atoms with Gasteiger partial charge >= 0.3 is 0 Å². The maximum absolute atomic E-state index is 13.3. The Balaban J connectivity index is 2.12. The van der Waals surface area contributed by atoms with E-state index in [2.05, 4.69) is 19.2 Å². The number of anilines is 1. The molecule has 0 bridgehead atoms. The lowest BCUT2D eigenvalue weighted by atomic mass is 9.98. The Bertz CT molecular complexity index is 800. The molecule has 0 aliphatic heterocycles. The monoisotopic (exact) mass is 343 g/mol. The molecule has 25 heavy (non-hydrogen) atoms. The number of hydrogen-bond acceptors (Lipinski definition) is 3. The highest BCUT2D eigenvalue weighted by atomic mass is 19.1. The topological polar surface area (TPSA) is 55.4 Å². The van der Waals surface area contributed by atoms with Gasteiger partial charge in [0.15, 0.2) is 12.4 Å². The SMILES string of the molecule is CC(=O)c1cc(F)ccc1OCC(=O)Nc1c(C)cccc1C(C)C. The van der Waals surface area contributed by atoms with Crippen molar-refractivity contribution in [3.05, 3.63) is 58.9 Å². The van der Waals surface area contributed by atoms with Gasteiger partial charge in [0.2, 0.25) is 0 Å². The van der Waals surface area contributed by atoms with E-state index in [0.29, 0.717) is 0 Å². The first kappa shape index (κ1) is 18.6. The van der Waals surface area contributed by atoms with Gasteiger partial charge in [0, 0.05) is 5.69 Å². The van der Waals surface area contributed by atoms with Gasteiger partial charge in [-0.1, -0.05) is 32.0 Å². The Morgan fingerprint density at radius 3 is 2.56 bits per heavy atom. The second-order valence-electron chi connectivity index (χ2n) is 6.23. The van der Waals surface area contributed by atoms with Crippen molar-refractivity contribution in [3.8, 4) is 5.75 Å². The first-order valence-corrected chi connectivity index (χ1v) is 8.12. The van der Waals surface area contributed by atoms with Crippen LogP contribution in [0.15, 0.2) is 36.4 Å². The molecule has 4 nitrogen and oxygen atoms in total. The third kappa shape index (κ3) is 4.66. The fourth-order valence-electron chi connectivity index (χ4n) is 2.56. The number of amides is 1. The first-order valence-electron chi connectivity index (χ1n) is 8.12. The summed E-state index contributed by atoms with van der Waals surface area (Å²) in [5, 5.41) is 2.87. The summed E-state index contributed by atoms with van der Waals surface area (Å²) in [6, 6.07) is 9.50. The average molecular weight is 343 g/mol. The lowest BCUT2D eigenvalue weighted by molar-refractivity contribution is -0.118. The zero-order valence-corrected chi connectivity index (χ0v) is 14.9. The van der Waals surface area contributed by atoms with E-state index < -0.39 is 5.82 Å². The van der Waals surface area contributed by atoms with E-state index in [9.17, 15) is 14.0 Å². The fraction of sp³-hybridized carbons (Fsp3) is 0.300. The normalized spacial score (nSPS) is 10.6. The molecule has 0 saturated carbocycles. The highest BCUT2D eigenvalue weighted by Crippen LogP contribution is 2.27. The van der Waals surface area contributed by atoms with E-state index in [0.717, 1.165) is 22.9 Å². The molecule has 0 atom stereocenters. The van der Waals surface area contributed by atoms with Crippen LogP contribution in [-0.2, 0) is 4.79 Å². The van der Waals surface area contributed by atoms with Gasteiger partial charge in [-0.05, 0) is 49.1 Å². The van der Waals surface area contributed by atoms with Gasteiger partial charge in [-0.2, -0.15) is 0 Å². The van der Waals surface area contributed by atoms with Gasteiger partial charge in [0.1, 0.15) is 11.6 Å². The van der Waals surface area contributed by atoms with E-state index in [1.54, 1.807) is 0 Å². The summed E-state index contributed by atoms with van der Waals surface area (Å²) in [6.07, 6.45) is 0. The lowest BCUT2D eigenvalue weighted by Gasteiger charge is -2.17. The molecule has 0 spiro atoms. The number of ketones is 1. The van der Waals surface area contributed by atoms with Crippen LogP contribution in [0.1, 0.15) is 48.2 Å². The minimum Gasteiger partial charge on any atom is -0.483 e. The van der Waals surface area contributed by atoms with Crippen LogP contribution < -0.4 is 10.1 Å². The molecule has 1 N–H and O–H groups in total. The average Bonchev–Trinajstić information content (AvgIpc) is 2.55. The number of carbonyl (C=O) groups is 2. The summed E-state index contributed by atoms with van der Waals surface area (Å²) < 4.78 is 18.7. The summed E-state index contributed by atoms with van der Waals surface area (Å²) in [5.41, 5.74) is 2.90. The first-order chi connectivity index (χ1) is 11.8. The minimum atomic E-state index is -0.525. The van der Waals surface area contributed by atoms with Gasteiger partial charge in [0.05, 0.1) is 5.56 Å². The van der Waals surface area contributed by atoms with Crippen LogP contribution in [0.5, 0.6) is 5.75 Å². The van der Waals surface area contributed by atoms with Crippen LogP contribution in [0.2, 0.25) is 0 Å². The molecule has 0 aromatic heterocycles. The van der Waals surface area contributed by atoms with Gasteiger partial charge in [-0.3, -0.25) is 9.59 Å². The molecule has 0 radical (unpaired) electrons. The third-order valence-electron chi connectivity index (χ3n) is 3.87. The Hall–Kier alpha value is -2.69. The van der Waals surface area contributed by atoms with Gasteiger partial charge < -0.3 is 10.1 Å². The summed E-state index contributed by atoms with van der Waals surface area (Å²) in [6.45, 7) is 7.09. The predicted octanol–water partition coefficient (Wildman–Crippen LogP) is 4.48. The molecule has 0 fully saturated rings. The molecule has 0 aliphatic carbocycles. The van der Waals surface area contributed by atoms with E-state index in [1.165, 1.54) is 19.1 Å². The van der Waals surface area contributed by atoms with Crippen molar-refractivity contribution in [2.45, 2.75) is 33.6 Å². The van der Waals surface area contributed by atoms with Crippen molar-refractivity contribution >= 4 is 17.4 Å². The number of halogens is 1. The number of carbonyl (C=O) groups excluding carboxylic acids is 2. The highest BCUT2D eigenvalue weighted by molar-refractivity contribution is 5.97. The number of rotatable bonds is 6. The zero-order chi connectivity index (χ0) is 18.6. The van der Waals surface area contributed by atoms with Crippen LogP contribution >= 0.6 is 0 Å². The van der Waals surface area contributed by atoms with E-state index in [1.807, 2.05) is 25.1 Å². The lowest BCUT2D eigenvalue weighted by Crippen LogP contribution is -2.22. The van der Waals surface area contributed by atoms with E-state index in [-0.39, 0.29) is 35.5 Å². The molecule has 2 aromatic rings. The molecule has 0 saturated heterocycles. The van der Waals surface area contributed by atoms with E-state index in [4.69, 9.17) is 4.74 Å². The van der Waals surface area contributed by atoms with Crippen LogP contribution in [0.3, 0.4) is 0 Å². The standard InChI is InChI=1S/C20H22FNO3/c1-12(2)16-7-5-6-13(3)20(16)22-19(24)11-25-18-9-8-15(21)10-17(18)14(4)23/h5-10,12H,11H2,1-4H3,(H,22,24). The van der Waals surface area contributed by atoms with Crippen LogP contribution in [0.25, 0.3) is 0 Å². The Labute approximate surface area is 147 Å². The number of aryl methyl sites for hydroxylation is 1. The molecule has 2 aromatic carbocycles. The Kier molecular flexibility index (Phi) is 5.91. The van der Waals surface area contributed by atoms with Gasteiger partial charge in [-0.15, -0.1) is 0 Å². The Morgan fingerprint density at radius 1 is 1.20 bits per heavy atom. The second-order valence-corrected chi connectivity index (χ2v) is 6.23. The van der Waals surface area contributed by atoms with Gasteiger partial charge in [-0.25, -0.2) is 4.39 Å². The van der Waals surface area contributed by atoms with Crippen LogP contribution in [0, 0.1) is 12.7 Å². The maximum Gasteiger partial charge on any atom is 0.262 e. The van der Waals surface area contributed by atoms with Gasteiger partial charge in [0.25, 0.3) is 5.91 Å². The van der Waals surface area contributed by atoms with Crippen molar-refractivity contribution in [2.24, 2.45) is 0 Å². The second kappa shape index (κ2) is 7.92. The van der Waals surface area contributed by atoms with Crippen LogP contribution in [-0.4, -0.2) is 18.3 Å². The summed E-state index contributed by atoms with van der Waals surface area (Å²) in [7, 11) is 0. The quantitative estimate of drug-likeness (QED) is 0.787. The molecule has 0 aliphatic rings. The van der Waals surface area contributed by atoms with Crippen molar-refractivity contribution in [3.63, 3.8) is 0 Å². The molecular weight excluding hydrogens is 321 g/mol. The number of ether oxygens (including phenoxy) is 1. The molecule has 0 heterocycles. The molecule has 2 rings (SSSR count). The number of para-hydroxylation sites is 1. The number of hydrogen-bond donors (Lipinski definition) is 1. The van der Waals surface area contributed by atoms with E-state index >= 15 is 0 Å². The maximum atomic E-state index is 13.3. The largest absolute Gasteiger partial charge is 0.483 e. The van der Waals surface area contributed by atoms with Crippen molar-refractivity contribution < 1.29 is 18.7 Å². The van der Waals surface area contributed by atoms with Crippen LogP contribution in [0.4, 0.5) is 10.1 Å². The van der Waals surface area contributed by atoms with Crippen molar-refractivity contribution in [2.75, 3.05) is 11.9 Å². The number of Topliss-reactive ketones (excluding diaryl/α,β-unsaturated/α-hetero) is 1. The fourth-order valence-corrected chi connectivity index (χ4v) is 2.56. The third-order valence-corrected chi connectivity index (χ3v) is 3.87. The van der Waals surface area contributed by atoms with Crippen molar-refractivity contribution in [1.82, 2.24) is 0 Å². The summed E-state index contributed by atoms with van der Waals surface area (Å²) in [5.74, 6) is -0.732. The zero-order valence-electron chi connectivity index (χ0n) is 14.9. The highest BCUT2D eigenvalue weighted by Gasteiger charge is 2.14. The van der Waals surface area contributed by atoms with Crippen molar-refractivity contribution in [1.29, 1.82) is 0 Å². The summed E-state index contributed by atoms with van der Waals surface area (Å²) >= 11 is 0. The molecule has 0 unspecified atom stereocenters. The number of nitrogens with one attached hydrogen (secondary N) is 1.